The predicted molar refractivity (Wildman–Crippen MR) is 47.1 cm³/mol. The van der Waals surface area contributed by atoms with Crippen molar-refractivity contribution >= 4 is 11.1 Å². The maximum absolute atomic E-state index is 5.15. The maximum atomic E-state index is 5.15. The zero-order valence-electron chi connectivity index (χ0n) is 7.90. The van der Waals surface area contributed by atoms with E-state index in [1.165, 1.54) is 6.39 Å². The summed E-state index contributed by atoms with van der Waals surface area (Å²) in [6.45, 7) is 0. The summed E-state index contributed by atoms with van der Waals surface area (Å²) in [4.78, 5) is 4.01. The van der Waals surface area contributed by atoms with Crippen LogP contribution in [0.2, 0.25) is 0 Å². The van der Waals surface area contributed by atoms with Gasteiger partial charge in [0, 0.05) is 33.9 Å². The topological polar surface area (TPSA) is 44.5 Å². The third-order valence-corrected chi connectivity index (χ3v) is 1.83. The molecule has 0 atom stereocenters. The van der Waals surface area contributed by atoms with Crippen molar-refractivity contribution in [3.05, 3.63) is 18.5 Å². The van der Waals surface area contributed by atoms with Crippen LogP contribution in [0.4, 0.5) is 0 Å². The molecule has 0 unspecified atom stereocenters. The van der Waals surface area contributed by atoms with E-state index < -0.39 is 0 Å². The van der Waals surface area contributed by atoms with Gasteiger partial charge in [0.15, 0.2) is 17.7 Å². The van der Waals surface area contributed by atoms with Gasteiger partial charge in [0.25, 0.3) is 0 Å². The van der Waals surface area contributed by atoms with Gasteiger partial charge >= 0.3 is 0 Å². The molecule has 4 nitrogen and oxygen atoms in total. The Balaban J connectivity index is 0.000000980. The molecule has 0 spiro atoms. The van der Waals surface area contributed by atoms with Crippen molar-refractivity contribution in [2.45, 2.75) is 0 Å². The molecule has 0 saturated heterocycles. The molecule has 2 rings (SSSR count). The number of ether oxygens (including phenoxy) is 2. The molecular formula is C9H9NO3Ti. The normalized spacial score (nSPS) is 9.57. The second-order valence-electron chi connectivity index (χ2n) is 2.53. The molecule has 0 radical (unpaired) electrons. The number of aromatic nitrogens is 1. The fourth-order valence-corrected chi connectivity index (χ4v) is 1.18. The second-order valence-corrected chi connectivity index (χ2v) is 2.53. The zero-order valence-corrected chi connectivity index (χ0v) is 9.47. The minimum absolute atomic E-state index is 0. The van der Waals surface area contributed by atoms with Gasteiger partial charge in [-0.05, 0) is 0 Å². The molecule has 1 aromatic carbocycles. The quantitative estimate of drug-likeness (QED) is 0.734. The van der Waals surface area contributed by atoms with Crippen molar-refractivity contribution in [1.29, 1.82) is 0 Å². The van der Waals surface area contributed by atoms with Crippen molar-refractivity contribution in [1.82, 2.24) is 4.98 Å². The number of oxazole rings is 1. The Hall–Kier alpha value is -0.996. The first-order chi connectivity index (χ1) is 6.35. The smallest absolute Gasteiger partial charge is 0.196 e. The largest absolute Gasteiger partial charge is 0.497 e. The van der Waals surface area contributed by atoms with Gasteiger partial charge in [0.1, 0.15) is 11.3 Å². The summed E-state index contributed by atoms with van der Waals surface area (Å²) >= 11 is 0. The molecule has 0 aliphatic carbocycles. The summed E-state index contributed by atoms with van der Waals surface area (Å²) in [7, 11) is 3.18. The Bertz CT molecular complexity index is 427. The van der Waals surface area contributed by atoms with Gasteiger partial charge in [0.2, 0.25) is 0 Å². The molecule has 1 aromatic heterocycles. The molecule has 0 fully saturated rings. The Kier molecular flexibility index (Phi) is 3.55. The SMILES string of the molecule is COc1cc(OC)c2ocnc2c1.[Ti]. The third kappa shape index (κ3) is 1.76. The van der Waals surface area contributed by atoms with Gasteiger partial charge in [-0.2, -0.15) is 0 Å². The Morgan fingerprint density at radius 2 is 2.00 bits per heavy atom. The van der Waals surface area contributed by atoms with Gasteiger partial charge in [-0.3, -0.25) is 0 Å². The molecule has 1 heterocycles. The van der Waals surface area contributed by atoms with E-state index in [-0.39, 0.29) is 21.7 Å². The van der Waals surface area contributed by atoms with Crippen LogP contribution >= 0.6 is 0 Å². The van der Waals surface area contributed by atoms with Crippen LogP contribution in [0, 0.1) is 0 Å². The molecule has 72 valence electrons. The van der Waals surface area contributed by atoms with Crippen LogP contribution in [0.1, 0.15) is 0 Å². The minimum Gasteiger partial charge on any atom is -0.497 e. The average Bonchev–Trinajstić information content (AvgIpc) is 2.63. The first-order valence-corrected chi connectivity index (χ1v) is 3.80. The standard InChI is InChI=1S/C9H9NO3.Ti/c1-11-6-3-7-9(13-5-10-7)8(4-6)12-2;/h3-5H,1-2H3;. The van der Waals surface area contributed by atoms with E-state index in [9.17, 15) is 0 Å². The third-order valence-electron chi connectivity index (χ3n) is 1.83. The number of benzene rings is 1. The number of hydrogen-bond donors (Lipinski definition) is 0. The van der Waals surface area contributed by atoms with Crippen LogP contribution in [0.25, 0.3) is 11.1 Å². The summed E-state index contributed by atoms with van der Waals surface area (Å²) in [5.41, 5.74) is 1.37. The fraction of sp³-hybridized carbons (Fsp3) is 0.222. The maximum Gasteiger partial charge on any atom is 0.196 e. The Morgan fingerprint density at radius 1 is 1.21 bits per heavy atom. The number of nitrogens with zero attached hydrogens (tertiary/aromatic N) is 1. The molecule has 0 N–H and O–H groups in total. The molecule has 14 heavy (non-hydrogen) atoms. The number of methoxy groups -OCH3 is 2. The van der Waals surface area contributed by atoms with E-state index in [1.54, 1.807) is 26.4 Å². The molecule has 2 aromatic rings. The first kappa shape index (κ1) is 11.1. The number of hydrogen-bond acceptors (Lipinski definition) is 4. The van der Waals surface area contributed by atoms with E-state index >= 15 is 0 Å². The number of fused-ring (bicyclic) bond motifs is 1. The molecule has 0 amide bonds. The monoisotopic (exact) mass is 227 g/mol. The van der Waals surface area contributed by atoms with Crippen LogP contribution in [-0.2, 0) is 21.7 Å². The molecule has 0 aliphatic rings. The molecular weight excluding hydrogens is 218 g/mol. The average molecular weight is 227 g/mol. The van der Waals surface area contributed by atoms with Gasteiger partial charge in [0.05, 0.1) is 14.2 Å². The van der Waals surface area contributed by atoms with E-state index in [4.69, 9.17) is 13.9 Å². The van der Waals surface area contributed by atoms with Crippen LogP contribution < -0.4 is 9.47 Å². The van der Waals surface area contributed by atoms with Gasteiger partial charge in [-0.25, -0.2) is 4.98 Å². The molecule has 0 saturated carbocycles. The minimum atomic E-state index is 0. The summed E-state index contributed by atoms with van der Waals surface area (Å²) < 4.78 is 15.3. The van der Waals surface area contributed by atoms with Crippen molar-refractivity contribution < 1.29 is 35.6 Å². The Labute approximate surface area is 96.1 Å². The van der Waals surface area contributed by atoms with Crippen LogP contribution in [0.5, 0.6) is 11.5 Å². The van der Waals surface area contributed by atoms with Crippen molar-refractivity contribution in [3.8, 4) is 11.5 Å². The van der Waals surface area contributed by atoms with Gasteiger partial charge in [-0.15, -0.1) is 0 Å². The summed E-state index contributed by atoms with van der Waals surface area (Å²) in [5, 5.41) is 0. The second kappa shape index (κ2) is 4.48. The summed E-state index contributed by atoms with van der Waals surface area (Å²) in [6.07, 6.45) is 1.38. The Morgan fingerprint density at radius 3 is 2.64 bits per heavy atom. The predicted octanol–water partition coefficient (Wildman–Crippen LogP) is 1.84. The summed E-state index contributed by atoms with van der Waals surface area (Å²) in [6, 6.07) is 3.55. The van der Waals surface area contributed by atoms with E-state index in [2.05, 4.69) is 4.98 Å². The van der Waals surface area contributed by atoms with Crippen LogP contribution in [0.3, 0.4) is 0 Å². The van der Waals surface area contributed by atoms with E-state index in [1.807, 2.05) is 0 Å². The zero-order chi connectivity index (χ0) is 9.26. The van der Waals surface area contributed by atoms with Crippen molar-refractivity contribution in [2.75, 3.05) is 14.2 Å². The van der Waals surface area contributed by atoms with Crippen molar-refractivity contribution in [3.63, 3.8) is 0 Å². The van der Waals surface area contributed by atoms with Gasteiger partial charge in [-0.1, -0.05) is 0 Å². The van der Waals surface area contributed by atoms with Crippen LogP contribution in [-0.4, -0.2) is 19.2 Å². The van der Waals surface area contributed by atoms with Gasteiger partial charge < -0.3 is 13.9 Å². The number of rotatable bonds is 2. The van der Waals surface area contributed by atoms with Crippen LogP contribution in [0.15, 0.2) is 22.9 Å². The van der Waals surface area contributed by atoms with Crippen molar-refractivity contribution in [2.24, 2.45) is 0 Å². The molecule has 0 aliphatic heterocycles. The first-order valence-electron chi connectivity index (χ1n) is 3.80. The fourth-order valence-electron chi connectivity index (χ4n) is 1.18. The van der Waals surface area contributed by atoms with E-state index in [0.29, 0.717) is 17.1 Å². The summed E-state index contributed by atoms with van der Waals surface area (Å²) in [5.74, 6) is 1.34. The molecule has 0 bridgehead atoms. The molecule has 5 heteroatoms. The van der Waals surface area contributed by atoms with E-state index in [0.717, 1.165) is 5.52 Å².